The first-order valence-electron chi connectivity index (χ1n) is 35.1. The van der Waals surface area contributed by atoms with Gasteiger partial charge >= 0.3 is 40.4 Å². The number of terminal acetylenes is 1. The number of pyridine rings is 1. The minimum Gasteiger partial charge on any atom is -0.387 e. The number of ether oxygens (including phenoxy) is 6. The van der Waals surface area contributed by atoms with Crippen LogP contribution in [0.1, 0.15) is 29.8 Å². The molecule has 8 aromatic rings. The third-order valence-electron chi connectivity index (χ3n) is 19.1. The number of aliphatic hydroxyl groups is 3. The Balaban J connectivity index is 0.000000141. The standard InChI is InChI=1S/C23H24FN5O9P2S2.C22H23FN6O9P2S2.C17H20FN5O9P2S2/c24-16-19-15(36-23(16)29-11-28-17-21(25)26-10-27-22(17)29)9-34-40(32,42)38-20-13(7-6-12-4-2-1-3-5-12)35-14(18(20)30)8-33-39(31,41)37-19;23-15-18-14(36-22(15)29-10-28-16-20(24)26-9-27-21(16)29)8-34-40(32,42)38-19-12(4-3-11-2-1-5-25-6-11)35-13(17(19)30)7-33-39(31,41)37-18;1-2-7-14-12(24)8(29-7)3-27-33(25,35)31-13-9(4-28-34(26,36)32-14)30-17(10(13)18)23-6-22-11-15(19)20-5-21-16(11)23/h1-5,10-11,13-16,18-20,23,30H,8-9H2,(H,31,41)(H,32,42)(H2,25,26,27);1-2,5-6,9-10,12-15,17-19,22,30H,7-8H2,(H,31,41)(H,32,42)(H2,24,26,27);1,5-10,12-14,17,24H,3-4H2,(H,25,35)(H,26,36)(H2,19,20,21)/t13-,14+,15+,16+,18+,19+,20-,23+,39?,40?;12-,13+,14+,15+,17+,18+,19-,22+,39?,40?;7-,8+,9+,10+,12+,13+,14-,17+,33?,34?/m000/s1. The number of aliphatic hydroxyl groups excluding tert-OH is 3. The van der Waals surface area contributed by atoms with Crippen molar-refractivity contribution >= 4 is 163 Å². The maximum Gasteiger partial charge on any atom is 0.386 e. The molecule has 6 unspecified atom stereocenters. The molecule has 1 aromatic carbocycles. The summed E-state index contributed by atoms with van der Waals surface area (Å²) in [6, 6.07) is 12.4. The molecule has 9 aliphatic heterocycles. The van der Waals surface area contributed by atoms with E-state index in [4.69, 9.17) is 165 Å². The molecule has 0 saturated carbocycles. The zero-order valence-electron chi connectivity index (χ0n) is 60.5. The molecule has 17 rings (SSSR count). The highest BCUT2D eigenvalue weighted by Crippen LogP contribution is 2.60. The first-order chi connectivity index (χ1) is 57.0. The molecule has 43 nitrogen and oxygen atoms in total. The number of nitrogen functional groups attached to an aromatic ring is 3. The molecule has 6 bridgehead atoms. The van der Waals surface area contributed by atoms with E-state index in [9.17, 15) is 44.4 Å². The SMILES string of the molecule is C#C[C@@H]1O[C@@H]2COP(O)(=S)O[C@H]3[C@@H](F)[C@H](n4cnc5c(N)ncnc54)O[C@@H]3COP(=O)(S)O[C@@H]1[C@@H]2O.Nc1ncnc2c1ncn2[C@@H]1O[C@@H]2COP(O)(=S)O[C@@H]3[C@H](O)[C@@H](COP(O)(=S)O[C@H]2[C@H]1F)O[C@H]3C#Cc1ccccc1.Nc1ncnc2c1ncn2[C@@H]1O[C@@H]2COP(O)(=S)O[C@@H]3[C@H](O)[C@@H](COP(O)(=S)O[C@H]2[C@H]1F)O[C@H]3C#Cc1cccnc1. The first-order valence-corrected chi connectivity index (χ1v) is 50.7. The molecule has 120 heavy (non-hydrogen) atoms. The molecular weight excluding hydrogens is 1840 g/mol. The fourth-order valence-corrected chi connectivity index (χ4v) is 22.0. The number of nitrogens with two attached hydrogens (primary N) is 3. The largest absolute Gasteiger partial charge is 0.387 e. The summed E-state index contributed by atoms with van der Waals surface area (Å²) in [4.78, 5) is 94.3. The van der Waals surface area contributed by atoms with Gasteiger partial charge in [0.25, 0.3) is 0 Å². The molecule has 0 spiro atoms. The van der Waals surface area contributed by atoms with Gasteiger partial charge < -0.3 is 108 Å². The van der Waals surface area contributed by atoms with Crippen molar-refractivity contribution < 1.29 is 140 Å². The van der Waals surface area contributed by atoms with Crippen LogP contribution in [0.3, 0.4) is 0 Å². The Hall–Kier alpha value is -5.32. The number of rotatable bonds is 3. The van der Waals surface area contributed by atoms with Crippen molar-refractivity contribution in [2.24, 2.45) is 0 Å². The zero-order chi connectivity index (χ0) is 85.1. The quantitative estimate of drug-likeness (QED) is 0.0684. The van der Waals surface area contributed by atoms with Crippen LogP contribution in [0.25, 0.3) is 33.5 Å². The van der Waals surface area contributed by atoms with Gasteiger partial charge in [0, 0.05) is 23.5 Å². The van der Waals surface area contributed by atoms with Crippen LogP contribution >= 0.6 is 52.6 Å². The summed E-state index contributed by atoms with van der Waals surface area (Å²) in [6.07, 6.45) is -17.3. The molecule has 16 heterocycles. The summed E-state index contributed by atoms with van der Waals surface area (Å²) < 4.78 is 165. The third kappa shape index (κ3) is 19.9. The number of hydrogen-bond donors (Lipinski definition) is 12. The van der Waals surface area contributed by atoms with Crippen LogP contribution in [0.4, 0.5) is 30.6 Å². The summed E-state index contributed by atoms with van der Waals surface area (Å²) in [7, 11) is 0. The van der Waals surface area contributed by atoms with E-state index in [1.54, 1.807) is 42.6 Å². The summed E-state index contributed by atoms with van der Waals surface area (Å²) in [5, 5.41) is 32.4. The second-order valence-electron chi connectivity index (χ2n) is 26.9. The summed E-state index contributed by atoms with van der Waals surface area (Å²) in [5.74, 6) is 13.9. The van der Waals surface area contributed by atoms with E-state index < -0.39 is 227 Å². The van der Waals surface area contributed by atoms with E-state index in [0.717, 1.165) is 0 Å². The van der Waals surface area contributed by atoms with Gasteiger partial charge in [-0.3, -0.25) is 50.4 Å². The molecule has 30 atom stereocenters. The number of aromatic nitrogens is 13. The average Bonchev–Trinajstić information content (AvgIpc) is 1.61. The molecular formula is C62H67F3N16O27P6S6. The molecule has 58 heteroatoms. The highest BCUT2D eigenvalue weighted by molar-refractivity contribution is 8.44. The van der Waals surface area contributed by atoms with Gasteiger partial charge in [0.2, 0.25) is 0 Å². The lowest BCUT2D eigenvalue weighted by Crippen LogP contribution is -2.36. The number of halogens is 3. The summed E-state index contributed by atoms with van der Waals surface area (Å²) in [6.45, 7) is -27.9. The van der Waals surface area contributed by atoms with Gasteiger partial charge in [0.05, 0.1) is 58.6 Å². The van der Waals surface area contributed by atoms with Gasteiger partial charge in [-0.2, -0.15) is 0 Å². The van der Waals surface area contributed by atoms with Gasteiger partial charge in [0.1, 0.15) is 145 Å². The molecule has 0 amide bonds. The first kappa shape index (κ1) is 89.5. The van der Waals surface area contributed by atoms with Gasteiger partial charge in [-0.25, -0.2) is 62.6 Å². The number of fused-ring (bicyclic) bond motifs is 12. The molecule has 14 N–H and O–H groups in total. The fourth-order valence-electron chi connectivity index (χ4n) is 13.4. The topological polar surface area (TPSA) is 567 Å². The number of anilines is 3. The normalized spacial score (nSPS) is 40.4. The van der Waals surface area contributed by atoms with Gasteiger partial charge in [0.15, 0.2) is 71.6 Å². The predicted molar refractivity (Wildman–Crippen MR) is 427 cm³/mol. The highest BCUT2D eigenvalue weighted by Gasteiger charge is 2.57. The predicted octanol–water partition coefficient (Wildman–Crippen LogP) is 2.02. The van der Waals surface area contributed by atoms with Crippen molar-refractivity contribution in [2.45, 2.75) is 147 Å². The summed E-state index contributed by atoms with van der Waals surface area (Å²) >= 11 is 29.7. The Labute approximate surface area is 705 Å². The van der Waals surface area contributed by atoms with E-state index in [-0.39, 0.29) is 50.9 Å². The summed E-state index contributed by atoms with van der Waals surface area (Å²) in [5.41, 5.74) is 19.9. The lowest BCUT2D eigenvalue weighted by atomic mass is 10.1. The Bertz CT molecular complexity index is 5380. The molecule has 0 radical (unpaired) electrons. The van der Waals surface area contributed by atoms with Crippen LogP contribution in [-0.2, 0) is 146 Å². The van der Waals surface area contributed by atoms with Crippen LogP contribution in [0.2, 0.25) is 0 Å². The second kappa shape index (κ2) is 36.6. The molecule has 9 aliphatic rings. The highest BCUT2D eigenvalue weighted by atomic mass is 32.7. The van der Waals surface area contributed by atoms with Crippen molar-refractivity contribution in [1.29, 1.82) is 0 Å². The lowest BCUT2D eigenvalue weighted by molar-refractivity contribution is -0.0459. The van der Waals surface area contributed by atoms with E-state index in [1.807, 2.05) is 6.07 Å². The molecule has 7 aromatic heterocycles. The van der Waals surface area contributed by atoms with Gasteiger partial charge in [-0.05, 0) is 83.3 Å². The van der Waals surface area contributed by atoms with Gasteiger partial charge in [-0.15, -0.1) is 6.42 Å². The molecule has 9 saturated heterocycles. The van der Waals surface area contributed by atoms with E-state index in [1.165, 1.54) is 57.9 Å². The van der Waals surface area contributed by atoms with Crippen LogP contribution < -0.4 is 17.2 Å². The lowest BCUT2D eigenvalue weighted by Gasteiger charge is -2.26. The Morgan fingerprint density at radius 3 is 1.12 bits per heavy atom. The van der Waals surface area contributed by atoms with Crippen molar-refractivity contribution in [3.05, 3.63) is 104 Å². The Morgan fingerprint density at radius 1 is 0.433 bits per heavy atom. The van der Waals surface area contributed by atoms with Crippen molar-refractivity contribution in [2.75, 3.05) is 56.8 Å². The van der Waals surface area contributed by atoms with E-state index >= 15 is 13.2 Å². The van der Waals surface area contributed by atoms with Crippen LogP contribution in [0.15, 0.2) is 92.8 Å². The molecule has 0 aliphatic carbocycles. The number of thiol groups is 1. The smallest absolute Gasteiger partial charge is 0.386 e. The Morgan fingerprint density at radius 2 is 0.758 bits per heavy atom. The van der Waals surface area contributed by atoms with Crippen molar-refractivity contribution in [3.63, 3.8) is 0 Å². The van der Waals surface area contributed by atoms with Crippen molar-refractivity contribution in [1.82, 2.24) is 63.5 Å². The second-order valence-corrected chi connectivity index (χ2v) is 43.7. The fraction of sp³-hybridized carbons (Fsp3) is 0.484. The van der Waals surface area contributed by atoms with Crippen LogP contribution in [-0.4, -0.2) is 271 Å². The zero-order valence-corrected chi connectivity index (χ0v) is 70.9. The Kier molecular flexibility index (Phi) is 27.3. The van der Waals surface area contributed by atoms with Crippen LogP contribution in [0.5, 0.6) is 0 Å². The maximum absolute atomic E-state index is 15.9. The molecule has 9 fully saturated rings. The average molecular weight is 1900 g/mol. The van der Waals surface area contributed by atoms with Crippen molar-refractivity contribution in [3.8, 4) is 36.0 Å². The van der Waals surface area contributed by atoms with Gasteiger partial charge in [-0.1, -0.05) is 60.0 Å². The van der Waals surface area contributed by atoms with Crippen LogP contribution in [0, 0.1) is 36.0 Å². The molecule has 644 valence electrons. The minimum absolute atomic E-state index is 0.0750. The number of imidazole rings is 3. The number of nitrogens with zero attached hydrogens (tertiary/aromatic N) is 13. The van der Waals surface area contributed by atoms with E-state index in [2.05, 4.69) is 91.7 Å². The van der Waals surface area contributed by atoms with E-state index in [0.29, 0.717) is 11.1 Å². The number of alkyl halides is 3. The number of benzene rings is 1. The third-order valence-corrected chi connectivity index (χ3v) is 28.5. The maximum atomic E-state index is 15.9. The monoisotopic (exact) mass is 1900 g/mol. The minimum atomic E-state index is -4.19. The number of hydrogen-bond acceptors (Lipinski definition) is 40.